The van der Waals surface area contributed by atoms with E-state index in [1.807, 2.05) is 6.92 Å². The van der Waals surface area contributed by atoms with Crippen molar-refractivity contribution < 1.29 is 26.4 Å². The topological polar surface area (TPSA) is 37.3 Å². The van der Waals surface area contributed by atoms with Gasteiger partial charge in [-0.25, -0.2) is 0 Å². The van der Waals surface area contributed by atoms with Crippen LogP contribution in [0, 0.1) is 11.8 Å². The van der Waals surface area contributed by atoms with Crippen LogP contribution >= 0.6 is 0 Å². The van der Waals surface area contributed by atoms with E-state index in [9.17, 15) is 4.79 Å². The summed E-state index contributed by atoms with van der Waals surface area (Å²) >= 11 is 0. The molecule has 1 N–H and O–H groups in total. The van der Waals surface area contributed by atoms with Crippen molar-refractivity contribution in [2.24, 2.45) is 11.8 Å². The molecule has 80 valence electrons. The van der Waals surface area contributed by atoms with Crippen LogP contribution in [-0.2, 0) is 21.3 Å². The fraction of sp³-hybridized carbons (Fsp3) is 0.900. The summed E-state index contributed by atoms with van der Waals surface area (Å²) in [6.45, 7) is 1.98. The van der Waals surface area contributed by atoms with Gasteiger partial charge in [0.05, 0.1) is 5.92 Å². The van der Waals surface area contributed by atoms with Gasteiger partial charge in [-0.15, -0.1) is 0 Å². The molecular weight excluding hydrogens is 211 g/mol. The SMILES string of the molecule is CCC(C(=O)O)C1CCCCC1.[Ni]. The molecule has 3 heteroatoms. The third kappa shape index (κ3) is 3.68. The third-order valence-electron chi connectivity index (χ3n) is 2.98. The van der Waals surface area contributed by atoms with Crippen LogP contribution in [-0.4, -0.2) is 11.1 Å². The Bertz CT molecular complexity index is 153. The van der Waals surface area contributed by atoms with Crippen LogP contribution in [0.4, 0.5) is 0 Å². The van der Waals surface area contributed by atoms with Gasteiger partial charge in [0, 0.05) is 16.5 Å². The predicted octanol–water partition coefficient (Wildman–Crippen LogP) is 2.68. The minimum absolute atomic E-state index is 0. The molecule has 1 aliphatic carbocycles. The summed E-state index contributed by atoms with van der Waals surface area (Å²) < 4.78 is 0. The van der Waals surface area contributed by atoms with Crippen LogP contribution in [0.1, 0.15) is 45.4 Å². The van der Waals surface area contributed by atoms with Crippen molar-refractivity contribution in [1.29, 1.82) is 0 Å². The van der Waals surface area contributed by atoms with E-state index in [2.05, 4.69) is 0 Å². The minimum atomic E-state index is -0.593. The summed E-state index contributed by atoms with van der Waals surface area (Å²) in [7, 11) is 0. The number of hydrogen-bond donors (Lipinski definition) is 1. The smallest absolute Gasteiger partial charge is 0.306 e. The summed E-state index contributed by atoms with van der Waals surface area (Å²) in [5.74, 6) is -0.212. The number of carboxylic acids is 1. The maximum Gasteiger partial charge on any atom is 0.306 e. The molecule has 0 aromatic rings. The Kier molecular flexibility index (Phi) is 6.40. The number of aliphatic carboxylic acids is 1. The van der Waals surface area contributed by atoms with Gasteiger partial charge < -0.3 is 5.11 Å². The second-order valence-electron chi connectivity index (χ2n) is 3.75. The molecule has 1 unspecified atom stereocenters. The first kappa shape index (κ1) is 13.0. The van der Waals surface area contributed by atoms with Crippen molar-refractivity contribution in [2.75, 3.05) is 0 Å². The molecule has 1 fully saturated rings. The summed E-state index contributed by atoms with van der Waals surface area (Å²) in [6.07, 6.45) is 6.81. The van der Waals surface area contributed by atoms with E-state index in [4.69, 9.17) is 5.11 Å². The molecular formula is C10H18NiO2. The van der Waals surface area contributed by atoms with Gasteiger partial charge in [0.25, 0.3) is 0 Å². The Balaban J connectivity index is 0.00000144. The van der Waals surface area contributed by atoms with Crippen molar-refractivity contribution >= 4 is 5.97 Å². The van der Waals surface area contributed by atoms with E-state index in [-0.39, 0.29) is 22.4 Å². The molecule has 1 aliphatic rings. The molecule has 1 saturated carbocycles. The van der Waals surface area contributed by atoms with E-state index in [0.717, 1.165) is 19.3 Å². The van der Waals surface area contributed by atoms with Crippen molar-refractivity contribution in [3.05, 3.63) is 0 Å². The van der Waals surface area contributed by atoms with Crippen molar-refractivity contribution in [1.82, 2.24) is 0 Å². The van der Waals surface area contributed by atoms with Gasteiger partial charge in [0.1, 0.15) is 0 Å². The molecule has 0 spiro atoms. The second kappa shape index (κ2) is 6.42. The molecule has 0 aliphatic heterocycles. The van der Waals surface area contributed by atoms with Gasteiger partial charge in [-0.1, -0.05) is 26.2 Å². The zero-order valence-electron chi connectivity index (χ0n) is 8.07. The molecule has 0 amide bonds. The van der Waals surface area contributed by atoms with Crippen molar-refractivity contribution in [3.8, 4) is 0 Å². The van der Waals surface area contributed by atoms with E-state index in [1.54, 1.807) is 0 Å². The first-order valence-corrected chi connectivity index (χ1v) is 4.98. The number of carbonyl (C=O) groups is 1. The number of rotatable bonds is 3. The molecule has 1 atom stereocenters. The third-order valence-corrected chi connectivity index (χ3v) is 2.98. The largest absolute Gasteiger partial charge is 0.481 e. The Morgan fingerprint density at radius 1 is 1.38 bits per heavy atom. The maximum absolute atomic E-state index is 10.8. The van der Waals surface area contributed by atoms with Gasteiger partial charge in [-0.2, -0.15) is 0 Å². The molecule has 0 heterocycles. The molecule has 2 nitrogen and oxygen atoms in total. The van der Waals surface area contributed by atoms with E-state index in [1.165, 1.54) is 19.3 Å². The van der Waals surface area contributed by atoms with Crippen LogP contribution in [0.3, 0.4) is 0 Å². The van der Waals surface area contributed by atoms with E-state index in [0.29, 0.717) is 5.92 Å². The quantitative estimate of drug-likeness (QED) is 0.755. The fourth-order valence-corrected chi connectivity index (χ4v) is 2.25. The van der Waals surface area contributed by atoms with Crippen molar-refractivity contribution in [2.45, 2.75) is 45.4 Å². The average Bonchev–Trinajstić information content (AvgIpc) is 2.07. The normalized spacial score (nSPS) is 20.4. The second-order valence-corrected chi connectivity index (χ2v) is 3.75. The Hall–Kier alpha value is -0.0365. The monoisotopic (exact) mass is 228 g/mol. The van der Waals surface area contributed by atoms with Crippen LogP contribution < -0.4 is 0 Å². The summed E-state index contributed by atoms with van der Waals surface area (Å²) in [6, 6.07) is 0. The molecule has 0 radical (unpaired) electrons. The zero-order chi connectivity index (χ0) is 8.97. The van der Waals surface area contributed by atoms with Crippen LogP contribution in [0.15, 0.2) is 0 Å². The van der Waals surface area contributed by atoms with E-state index >= 15 is 0 Å². The summed E-state index contributed by atoms with van der Waals surface area (Å²) in [5, 5.41) is 8.93. The van der Waals surface area contributed by atoms with Gasteiger partial charge in [0.15, 0.2) is 0 Å². The minimum Gasteiger partial charge on any atom is -0.481 e. The zero-order valence-corrected chi connectivity index (χ0v) is 9.06. The Labute approximate surface area is 90.0 Å². The number of hydrogen-bond acceptors (Lipinski definition) is 1. The van der Waals surface area contributed by atoms with Crippen molar-refractivity contribution in [3.63, 3.8) is 0 Å². The van der Waals surface area contributed by atoms with Gasteiger partial charge >= 0.3 is 5.97 Å². The summed E-state index contributed by atoms with van der Waals surface area (Å²) in [4.78, 5) is 10.8. The molecule has 0 aromatic heterocycles. The first-order valence-electron chi connectivity index (χ1n) is 4.98. The van der Waals surface area contributed by atoms with E-state index < -0.39 is 5.97 Å². The first-order chi connectivity index (χ1) is 5.75. The molecule has 0 aromatic carbocycles. The van der Waals surface area contributed by atoms with Crippen LogP contribution in [0.2, 0.25) is 0 Å². The average molecular weight is 229 g/mol. The Morgan fingerprint density at radius 3 is 2.31 bits per heavy atom. The van der Waals surface area contributed by atoms with Gasteiger partial charge in [-0.05, 0) is 25.2 Å². The van der Waals surface area contributed by atoms with Crippen LogP contribution in [0.25, 0.3) is 0 Å². The molecule has 0 bridgehead atoms. The summed E-state index contributed by atoms with van der Waals surface area (Å²) in [5.41, 5.74) is 0. The fourth-order valence-electron chi connectivity index (χ4n) is 2.25. The number of carboxylic acid groups (broad SMARTS) is 1. The molecule has 0 saturated heterocycles. The van der Waals surface area contributed by atoms with Crippen LogP contribution in [0.5, 0.6) is 0 Å². The maximum atomic E-state index is 10.8. The standard InChI is InChI=1S/C10H18O2.Ni/c1-2-9(10(11)12)8-6-4-3-5-7-8;/h8-9H,2-7H2,1H3,(H,11,12);. The van der Waals surface area contributed by atoms with Gasteiger partial charge in [-0.3, -0.25) is 4.79 Å². The predicted molar refractivity (Wildman–Crippen MR) is 48.0 cm³/mol. The molecule has 13 heavy (non-hydrogen) atoms. The van der Waals surface area contributed by atoms with Gasteiger partial charge in [0.2, 0.25) is 0 Å². The molecule has 1 rings (SSSR count). The Morgan fingerprint density at radius 2 is 1.92 bits per heavy atom.